The van der Waals surface area contributed by atoms with Crippen LogP contribution in [0.1, 0.15) is 26.4 Å². The molecule has 2 heterocycles. The van der Waals surface area contributed by atoms with E-state index in [2.05, 4.69) is 43.4 Å². The molecular weight excluding hydrogens is 284 g/mol. The van der Waals surface area contributed by atoms with Crippen LogP contribution in [0, 0.1) is 13.8 Å². The number of hydrogen-bond donors (Lipinski definition) is 1. The van der Waals surface area contributed by atoms with E-state index < -0.39 is 0 Å². The second kappa shape index (κ2) is 5.64. The maximum atomic E-state index is 4.78. The largest absolute Gasteiger partial charge is 0.311 e. The van der Waals surface area contributed by atoms with Gasteiger partial charge in [0.15, 0.2) is 0 Å². The van der Waals surface area contributed by atoms with Gasteiger partial charge in [0, 0.05) is 9.75 Å². The number of fused-ring (bicyclic) bond motifs is 1. The number of likely N-dealkylation sites (N-methyl/N-ethyl adjacent to an activating group) is 1. The molecule has 1 N–H and O–H groups in total. The molecule has 2 aromatic heterocycles. The van der Waals surface area contributed by atoms with Crippen molar-refractivity contribution in [1.82, 2.24) is 10.3 Å². The van der Waals surface area contributed by atoms with Gasteiger partial charge in [-0.25, -0.2) is 4.98 Å². The molecule has 0 saturated carbocycles. The molecule has 0 aliphatic heterocycles. The molecule has 0 spiro atoms. The lowest BCUT2D eigenvalue weighted by Gasteiger charge is -2.13. The first kappa shape index (κ1) is 13.7. The van der Waals surface area contributed by atoms with Crippen LogP contribution in [-0.2, 0) is 6.42 Å². The molecule has 1 aromatic carbocycles. The lowest BCUT2D eigenvalue weighted by Crippen LogP contribution is -2.18. The van der Waals surface area contributed by atoms with E-state index in [-0.39, 0.29) is 0 Å². The number of nitrogens with one attached hydrogen (secondary N) is 1. The van der Waals surface area contributed by atoms with E-state index in [4.69, 9.17) is 4.98 Å². The van der Waals surface area contributed by atoms with Crippen LogP contribution in [0.15, 0.2) is 30.3 Å². The third kappa shape index (κ3) is 2.64. The molecule has 2 nitrogen and oxygen atoms in total. The third-order valence-electron chi connectivity index (χ3n) is 3.52. The highest BCUT2D eigenvalue weighted by atomic mass is 32.1. The number of nitrogens with zero attached hydrogens (tertiary/aromatic N) is 1. The summed E-state index contributed by atoms with van der Waals surface area (Å²) >= 11 is 3.67. The molecule has 0 fully saturated rings. The monoisotopic (exact) mass is 302 g/mol. The molecule has 3 rings (SSSR count). The smallest absolute Gasteiger partial charge is 0.111 e. The number of benzene rings is 1. The van der Waals surface area contributed by atoms with Gasteiger partial charge in [0.2, 0.25) is 0 Å². The number of aryl methyl sites for hydroxylation is 2. The summed E-state index contributed by atoms with van der Waals surface area (Å²) in [6, 6.07) is 10.9. The lowest BCUT2D eigenvalue weighted by atomic mass is 10.1. The summed E-state index contributed by atoms with van der Waals surface area (Å²) in [5, 5.41) is 4.59. The Hall–Kier alpha value is -1.23. The van der Waals surface area contributed by atoms with Crippen LogP contribution < -0.4 is 5.32 Å². The van der Waals surface area contributed by atoms with Gasteiger partial charge >= 0.3 is 0 Å². The summed E-state index contributed by atoms with van der Waals surface area (Å²) in [5.41, 5.74) is 2.54. The molecule has 104 valence electrons. The van der Waals surface area contributed by atoms with E-state index in [1.54, 1.807) is 11.3 Å². The summed E-state index contributed by atoms with van der Waals surface area (Å²) in [6.07, 6.45) is 1.01. The Bertz CT molecular complexity index is 694. The Balaban J connectivity index is 1.91. The van der Waals surface area contributed by atoms with Gasteiger partial charge in [0.25, 0.3) is 0 Å². The summed E-state index contributed by atoms with van der Waals surface area (Å²) in [4.78, 5) is 7.58. The van der Waals surface area contributed by atoms with E-state index >= 15 is 0 Å². The van der Waals surface area contributed by atoms with Gasteiger partial charge in [-0.05, 0) is 51.1 Å². The zero-order valence-corrected chi connectivity index (χ0v) is 13.6. The Morgan fingerprint density at radius 1 is 1.20 bits per heavy atom. The van der Waals surface area contributed by atoms with E-state index in [0.717, 1.165) is 11.9 Å². The number of thiophene rings is 1. The minimum atomic E-state index is 0.292. The predicted molar refractivity (Wildman–Crippen MR) is 88.9 cm³/mol. The van der Waals surface area contributed by atoms with Crippen molar-refractivity contribution in [1.29, 1.82) is 0 Å². The van der Waals surface area contributed by atoms with Gasteiger partial charge in [0.05, 0.1) is 16.3 Å². The van der Waals surface area contributed by atoms with Crippen molar-refractivity contribution in [2.45, 2.75) is 26.3 Å². The van der Waals surface area contributed by atoms with Crippen LogP contribution in [0.4, 0.5) is 0 Å². The maximum Gasteiger partial charge on any atom is 0.111 e. The van der Waals surface area contributed by atoms with Gasteiger partial charge in [0.1, 0.15) is 5.01 Å². The topological polar surface area (TPSA) is 24.9 Å². The minimum absolute atomic E-state index is 0.292. The van der Waals surface area contributed by atoms with Crippen molar-refractivity contribution in [3.05, 3.63) is 50.7 Å². The molecule has 0 bridgehead atoms. The van der Waals surface area contributed by atoms with Crippen molar-refractivity contribution >= 4 is 32.9 Å². The van der Waals surface area contributed by atoms with Gasteiger partial charge in [-0.2, -0.15) is 0 Å². The van der Waals surface area contributed by atoms with Crippen LogP contribution >= 0.6 is 22.7 Å². The van der Waals surface area contributed by atoms with Gasteiger partial charge in [-0.3, -0.25) is 0 Å². The summed E-state index contributed by atoms with van der Waals surface area (Å²) in [5.74, 6) is 0. The van der Waals surface area contributed by atoms with E-state index in [1.165, 1.54) is 25.0 Å². The fourth-order valence-corrected chi connectivity index (χ4v) is 4.49. The van der Waals surface area contributed by atoms with E-state index in [9.17, 15) is 0 Å². The first-order chi connectivity index (χ1) is 9.67. The van der Waals surface area contributed by atoms with Crippen molar-refractivity contribution in [3.63, 3.8) is 0 Å². The first-order valence-corrected chi connectivity index (χ1v) is 8.39. The maximum absolute atomic E-state index is 4.78. The molecule has 0 aliphatic rings. The van der Waals surface area contributed by atoms with Crippen LogP contribution in [0.25, 0.3) is 10.2 Å². The summed E-state index contributed by atoms with van der Waals surface area (Å²) < 4.78 is 1.26. The minimum Gasteiger partial charge on any atom is -0.311 e. The second-order valence-electron chi connectivity index (χ2n) is 5.00. The molecule has 4 heteroatoms. The second-order valence-corrected chi connectivity index (χ2v) is 7.53. The molecular formula is C16H18N2S2. The predicted octanol–water partition coefficient (Wildman–Crippen LogP) is 4.48. The Morgan fingerprint density at radius 2 is 2.00 bits per heavy atom. The summed E-state index contributed by atoms with van der Waals surface area (Å²) in [7, 11) is 2.02. The van der Waals surface area contributed by atoms with Crippen molar-refractivity contribution in [3.8, 4) is 0 Å². The molecule has 0 amide bonds. The Kier molecular flexibility index (Phi) is 3.87. The number of thiazole rings is 1. The first-order valence-electron chi connectivity index (χ1n) is 6.76. The molecule has 20 heavy (non-hydrogen) atoms. The molecule has 1 atom stereocenters. The quantitative estimate of drug-likeness (QED) is 0.768. The average molecular weight is 302 g/mol. The number of hydrogen-bond acceptors (Lipinski definition) is 4. The molecule has 0 radical (unpaired) electrons. The fraction of sp³-hybridized carbons (Fsp3) is 0.312. The fourth-order valence-electron chi connectivity index (χ4n) is 2.46. The normalized spacial score (nSPS) is 12.9. The highest BCUT2D eigenvalue weighted by Crippen LogP contribution is 2.30. The highest BCUT2D eigenvalue weighted by molar-refractivity contribution is 7.18. The third-order valence-corrected chi connectivity index (χ3v) is 5.68. The highest BCUT2D eigenvalue weighted by Gasteiger charge is 2.17. The van der Waals surface area contributed by atoms with Crippen LogP contribution in [0.5, 0.6) is 0 Å². The molecule has 3 aromatic rings. The average Bonchev–Trinajstić information content (AvgIpc) is 2.99. The molecule has 0 saturated heterocycles. The van der Waals surface area contributed by atoms with Gasteiger partial charge in [-0.1, -0.05) is 12.1 Å². The lowest BCUT2D eigenvalue weighted by molar-refractivity contribution is 0.589. The van der Waals surface area contributed by atoms with Crippen LogP contribution in [-0.4, -0.2) is 12.0 Å². The number of rotatable bonds is 4. The number of aromatic nitrogens is 1. The molecule has 0 aliphatic carbocycles. The zero-order valence-electron chi connectivity index (χ0n) is 11.9. The Morgan fingerprint density at radius 3 is 2.65 bits per heavy atom. The van der Waals surface area contributed by atoms with E-state index in [1.807, 2.05) is 24.5 Å². The standard InChI is InChI=1S/C16H18N2S2/c1-10-8-12(11(2)19-10)9-14(17-3)16-18-13-6-4-5-7-15(13)20-16/h4-8,14,17H,9H2,1-3H3. The Labute approximate surface area is 127 Å². The van der Waals surface area contributed by atoms with Crippen molar-refractivity contribution < 1.29 is 0 Å². The van der Waals surface area contributed by atoms with Crippen LogP contribution in [0.2, 0.25) is 0 Å². The van der Waals surface area contributed by atoms with Crippen molar-refractivity contribution in [2.24, 2.45) is 0 Å². The van der Waals surface area contributed by atoms with Crippen molar-refractivity contribution in [2.75, 3.05) is 7.05 Å². The van der Waals surface area contributed by atoms with E-state index in [0.29, 0.717) is 6.04 Å². The summed E-state index contributed by atoms with van der Waals surface area (Å²) in [6.45, 7) is 4.38. The van der Waals surface area contributed by atoms with Crippen LogP contribution in [0.3, 0.4) is 0 Å². The molecule has 1 unspecified atom stereocenters. The SMILES string of the molecule is CNC(Cc1cc(C)sc1C)c1nc2ccccc2s1. The van der Waals surface area contributed by atoms with Gasteiger partial charge in [-0.15, -0.1) is 22.7 Å². The van der Waals surface area contributed by atoms with Gasteiger partial charge < -0.3 is 5.32 Å². The number of para-hydroxylation sites is 1. The zero-order chi connectivity index (χ0) is 14.1.